The Balaban J connectivity index is 0. The molecule has 0 spiro atoms. The fraction of sp³-hybridized carbons (Fsp3) is 0. The predicted octanol–water partition coefficient (Wildman–Crippen LogP) is -4.59. The second kappa shape index (κ2) is 10.4. The molecular formula is C12H14BrF2IN2. The maximum atomic E-state index is 12.1. The van der Waals surface area contributed by atoms with Crippen molar-refractivity contribution in [2.45, 2.75) is 0 Å². The zero-order chi connectivity index (χ0) is 12.0. The molecule has 0 radical (unpaired) electrons. The Morgan fingerprint density at radius 2 is 0.833 bits per heavy atom. The summed E-state index contributed by atoms with van der Waals surface area (Å²) in [7, 11) is 0. The molecular weight excluding hydrogens is 417 g/mol. The van der Waals surface area contributed by atoms with Crippen LogP contribution in [0.5, 0.6) is 0 Å². The predicted molar refractivity (Wildman–Crippen MR) is 57.9 cm³/mol. The van der Waals surface area contributed by atoms with Gasteiger partial charge in [-0.05, 0) is 24.3 Å². The summed E-state index contributed by atoms with van der Waals surface area (Å²) in [6, 6.07) is 12.1. The van der Waals surface area contributed by atoms with Crippen LogP contribution in [0.1, 0.15) is 0 Å². The minimum absolute atomic E-state index is 0. The molecule has 6 heteroatoms. The van der Waals surface area contributed by atoms with Gasteiger partial charge >= 0.3 is 0 Å². The summed E-state index contributed by atoms with van der Waals surface area (Å²) >= 11 is 0. The number of quaternary nitrogens is 2. The first-order chi connectivity index (χ1) is 7.58. The fourth-order valence-corrected chi connectivity index (χ4v) is 0.969. The zero-order valence-electron chi connectivity index (χ0n) is 9.54. The highest BCUT2D eigenvalue weighted by Crippen LogP contribution is 2.00. The molecule has 6 N–H and O–H groups in total. The van der Waals surface area contributed by atoms with Gasteiger partial charge in [0.05, 0.1) is 0 Å². The molecule has 0 amide bonds. The van der Waals surface area contributed by atoms with Crippen LogP contribution < -0.4 is 52.4 Å². The van der Waals surface area contributed by atoms with Crippen molar-refractivity contribution < 1.29 is 61.2 Å². The van der Waals surface area contributed by atoms with Gasteiger partial charge in [0.25, 0.3) is 0 Å². The van der Waals surface area contributed by atoms with Gasteiger partial charge in [0.2, 0.25) is 0 Å². The lowest BCUT2D eigenvalue weighted by Gasteiger charge is -1.83. The van der Waals surface area contributed by atoms with E-state index in [0.29, 0.717) is 0 Å². The quantitative estimate of drug-likeness (QED) is 0.395. The highest BCUT2D eigenvalue weighted by molar-refractivity contribution is 5.27. The Kier molecular flexibility index (Phi) is 11.4. The van der Waals surface area contributed by atoms with Crippen LogP contribution >= 0.6 is 0 Å². The van der Waals surface area contributed by atoms with E-state index in [-0.39, 0.29) is 52.6 Å². The number of halogens is 4. The molecule has 18 heavy (non-hydrogen) atoms. The van der Waals surface area contributed by atoms with E-state index in [2.05, 4.69) is 11.5 Å². The Labute approximate surface area is 132 Å². The monoisotopic (exact) mass is 430 g/mol. The second-order valence-corrected chi connectivity index (χ2v) is 3.25. The van der Waals surface area contributed by atoms with E-state index in [1.54, 1.807) is 24.3 Å². The van der Waals surface area contributed by atoms with Crippen LogP contribution in [-0.2, 0) is 0 Å². The van der Waals surface area contributed by atoms with Crippen molar-refractivity contribution in [3.8, 4) is 0 Å². The molecule has 0 aliphatic carbocycles. The van der Waals surface area contributed by atoms with Crippen molar-refractivity contribution in [3.05, 3.63) is 60.2 Å². The van der Waals surface area contributed by atoms with E-state index < -0.39 is 0 Å². The number of hydrogen-bond donors (Lipinski definition) is 2. The smallest absolute Gasteiger partial charge is 0.128 e. The van der Waals surface area contributed by atoms with Crippen molar-refractivity contribution in [3.63, 3.8) is 0 Å². The molecule has 0 bridgehead atoms. The van der Waals surface area contributed by atoms with E-state index in [0.717, 1.165) is 11.4 Å². The van der Waals surface area contributed by atoms with Crippen molar-refractivity contribution in [2.75, 3.05) is 0 Å². The first-order valence-electron chi connectivity index (χ1n) is 4.73. The number of hydrogen-bond acceptors (Lipinski definition) is 0. The minimum atomic E-state index is -0.211. The first-order valence-corrected chi connectivity index (χ1v) is 4.73. The third-order valence-corrected chi connectivity index (χ3v) is 1.83. The second-order valence-electron chi connectivity index (χ2n) is 3.25. The minimum Gasteiger partial charge on any atom is -1.00 e. The van der Waals surface area contributed by atoms with Crippen LogP contribution in [0.15, 0.2) is 48.5 Å². The van der Waals surface area contributed by atoms with Crippen LogP contribution in [0, 0.1) is 11.6 Å². The standard InChI is InChI=1S/2C6H6FN.BrH.HI/c2*7-5-1-3-6(8)4-2-5;;/h2*1-4H,8H2;2*1H. The third-order valence-electron chi connectivity index (χ3n) is 1.83. The Morgan fingerprint density at radius 3 is 1.00 bits per heavy atom. The maximum absolute atomic E-state index is 12.1. The molecule has 0 aliphatic rings. The lowest BCUT2D eigenvalue weighted by molar-refractivity contribution is -0.255. The molecule has 0 unspecified atom stereocenters. The van der Waals surface area contributed by atoms with E-state index in [4.69, 9.17) is 0 Å². The van der Waals surface area contributed by atoms with Gasteiger partial charge in [0.15, 0.2) is 0 Å². The highest BCUT2D eigenvalue weighted by Gasteiger charge is 1.87. The molecule has 2 aromatic carbocycles. The van der Waals surface area contributed by atoms with Gasteiger partial charge in [0, 0.05) is 24.3 Å². The summed E-state index contributed by atoms with van der Waals surface area (Å²) in [4.78, 5) is 0. The molecule has 0 fully saturated rings. The summed E-state index contributed by atoms with van der Waals surface area (Å²) in [5.41, 5.74) is 8.87. The average molecular weight is 431 g/mol. The third kappa shape index (κ3) is 8.51. The SMILES string of the molecule is [Br-].[I-].[NH3+]c1ccc(F)cc1.[NH3+]c1ccc(F)cc1. The van der Waals surface area contributed by atoms with Crippen LogP contribution in [0.3, 0.4) is 0 Å². The van der Waals surface area contributed by atoms with E-state index >= 15 is 0 Å². The van der Waals surface area contributed by atoms with Gasteiger partial charge in [-0.15, -0.1) is 0 Å². The molecule has 0 atom stereocenters. The molecule has 0 aliphatic heterocycles. The zero-order valence-corrected chi connectivity index (χ0v) is 13.3. The Bertz CT molecular complexity index is 349. The van der Waals surface area contributed by atoms with Gasteiger partial charge in [0.1, 0.15) is 23.0 Å². The maximum Gasteiger partial charge on any atom is 0.128 e. The summed E-state index contributed by atoms with van der Waals surface area (Å²) in [5.74, 6) is -0.421. The van der Waals surface area contributed by atoms with Crippen molar-refractivity contribution in [1.29, 1.82) is 0 Å². The van der Waals surface area contributed by atoms with Gasteiger partial charge in [-0.1, -0.05) is 0 Å². The van der Waals surface area contributed by atoms with Gasteiger partial charge in [-0.3, -0.25) is 0 Å². The molecule has 0 aromatic heterocycles. The highest BCUT2D eigenvalue weighted by atomic mass is 127. The van der Waals surface area contributed by atoms with E-state index in [1.807, 2.05) is 0 Å². The fourth-order valence-electron chi connectivity index (χ4n) is 0.969. The number of rotatable bonds is 0. The molecule has 2 aromatic rings. The van der Waals surface area contributed by atoms with Crippen LogP contribution in [0.25, 0.3) is 0 Å². The summed E-state index contributed by atoms with van der Waals surface area (Å²) in [6.07, 6.45) is 0. The largest absolute Gasteiger partial charge is 1.00 e. The van der Waals surface area contributed by atoms with Crippen molar-refractivity contribution >= 4 is 11.4 Å². The van der Waals surface area contributed by atoms with Crippen molar-refractivity contribution in [2.24, 2.45) is 0 Å². The van der Waals surface area contributed by atoms with Crippen LogP contribution in [-0.4, -0.2) is 0 Å². The lowest BCUT2D eigenvalue weighted by atomic mass is 10.3. The summed E-state index contributed by atoms with van der Waals surface area (Å²) < 4.78 is 24.1. The normalized spacial score (nSPS) is 8.22. The van der Waals surface area contributed by atoms with Crippen molar-refractivity contribution in [1.82, 2.24) is 0 Å². The molecule has 2 rings (SSSR count). The van der Waals surface area contributed by atoms with Gasteiger partial charge in [-0.2, -0.15) is 0 Å². The molecule has 0 saturated heterocycles. The Hall–Kier alpha value is -0.570. The molecule has 0 heterocycles. The number of benzene rings is 2. The van der Waals surface area contributed by atoms with Crippen LogP contribution in [0.2, 0.25) is 0 Å². The summed E-state index contributed by atoms with van der Waals surface area (Å²) in [5, 5.41) is 0. The van der Waals surface area contributed by atoms with Crippen LogP contribution in [0.4, 0.5) is 20.2 Å². The lowest BCUT2D eigenvalue weighted by Crippen LogP contribution is -3.00. The average Bonchev–Trinajstić information content (AvgIpc) is 2.28. The van der Waals surface area contributed by atoms with E-state index in [9.17, 15) is 8.78 Å². The molecule has 100 valence electrons. The van der Waals surface area contributed by atoms with Gasteiger partial charge in [-0.25, -0.2) is 8.78 Å². The topological polar surface area (TPSA) is 55.3 Å². The summed E-state index contributed by atoms with van der Waals surface area (Å²) in [6.45, 7) is 0. The molecule has 0 saturated carbocycles. The van der Waals surface area contributed by atoms with Gasteiger partial charge < -0.3 is 52.4 Å². The van der Waals surface area contributed by atoms with E-state index in [1.165, 1.54) is 24.3 Å². The molecule has 2 nitrogen and oxygen atoms in total. The Morgan fingerprint density at radius 1 is 0.611 bits per heavy atom. The first kappa shape index (κ1) is 19.8.